The van der Waals surface area contributed by atoms with E-state index in [1.54, 1.807) is 23.6 Å². The van der Waals surface area contributed by atoms with Gasteiger partial charge in [-0.25, -0.2) is 19.6 Å². The number of hydrogen-bond donors (Lipinski definition) is 4. The molecule has 0 spiro atoms. The van der Waals surface area contributed by atoms with Crippen LogP contribution >= 0.6 is 0 Å². The van der Waals surface area contributed by atoms with Crippen LogP contribution in [-0.2, 0) is 31.9 Å². The van der Waals surface area contributed by atoms with E-state index in [4.69, 9.17) is 9.72 Å². The lowest BCUT2D eigenvalue weighted by atomic mass is 9.83. The molecule has 0 radical (unpaired) electrons. The van der Waals surface area contributed by atoms with Crippen molar-refractivity contribution in [1.82, 2.24) is 40.4 Å². The van der Waals surface area contributed by atoms with Gasteiger partial charge >= 0.3 is 12.2 Å². The molecule has 2 aromatic carbocycles. The maximum absolute atomic E-state index is 13.5. The largest absolute Gasteiger partial charge is 0.453 e. The highest BCUT2D eigenvalue weighted by molar-refractivity contribution is 5.86. The standard InChI is InChI=1S/C40H50N8O6/c1-8-33(48(22(2)3)38(50)24(5)44-40(52)54-7)35-41-20-31(45-35)27-13-15-29-25(18-27)11-12-26-19-28(14-16-30(26)29)32-21-42-36(46-32)34-10-9-17-47(34)37(49)23(4)43-39(51)53-6/h13-16,18-24,33-34H,8-12,17H2,1-7H3,(H,41,45)(H,42,46)(H,43,51)(H,44,52)/t23-,24-,33-,34-/m0/s1. The summed E-state index contributed by atoms with van der Waals surface area (Å²) in [6.45, 7) is 9.84. The quantitative estimate of drug-likeness (QED) is 0.143. The molecule has 286 valence electrons. The van der Waals surface area contributed by atoms with Crippen molar-refractivity contribution in [1.29, 1.82) is 0 Å². The zero-order valence-electron chi connectivity index (χ0n) is 32.0. The summed E-state index contributed by atoms with van der Waals surface area (Å²) in [5, 5.41) is 5.16. The van der Waals surface area contributed by atoms with Crippen molar-refractivity contribution in [3.8, 4) is 33.6 Å². The Bertz CT molecular complexity index is 2020. The van der Waals surface area contributed by atoms with E-state index >= 15 is 0 Å². The van der Waals surface area contributed by atoms with Crippen molar-refractivity contribution in [3.63, 3.8) is 0 Å². The lowest BCUT2D eigenvalue weighted by molar-refractivity contribution is -0.138. The molecule has 4 aromatic rings. The molecule has 3 heterocycles. The molecule has 54 heavy (non-hydrogen) atoms. The number of carbonyl (C=O) groups excluding carboxylic acids is 4. The molecule has 6 rings (SSSR count). The van der Waals surface area contributed by atoms with Gasteiger partial charge in [-0.1, -0.05) is 31.2 Å². The average Bonchev–Trinajstić information content (AvgIpc) is 3.97. The molecule has 1 aliphatic heterocycles. The molecular weight excluding hydrogens is 688 g/mol. The number of nitrogens with one attached hydrogen (secondary N) is 4. The summed E-state index contributed by atoms with van der Waals surface area (Å²) in [4.78, 5) is 70.0. The van der Waals surface area contributed by atoms with E-state index in [2.05, 4.69) is 66.7 Å². The first-order chi connectivity index (χ1) is 25.9. The van der Waals surface area contributed by atoms with Crippen LogP contribution in [0.15, 0.2) is 48.8 Å². The van der Waals surface area contributed by atoms with Crippen LogP contribution in [-0.4, -0.2) is 92.6 Å². The number of methoxy groups -OCH3 is 2. The van der Waals surface area contributed by atoms with Gasteiger partial charge in [-0.3, -0.25) is 9.59 Å². The second-order valence-corrected chi connectivity index (χ2v) is 14.3. The molecule has 1 aliphatic carbocycles. The second kappa shape index (κ2) is 16.1. The van der Waals surface area contributed by atoms with Gasteiger partial charge in [0, 0.05) is 12.6 Å². The Morgan fingerprint density at radius 3 is 2.00 bits per heavy atom. The number of H-pyrrole nitrogens is 2. The minimum absolute atomic E-state index is 0.127. The molecule has 14 heteroatoms. The number of amides is 4. The Morgan fingerprint density at radius 1 is 0.852 bits per heavy atom. The van der Waals surface area contributed by atoms with Gasteiger partial charge in [-0.05, 0) is 105 Å². The number of nitrogens with zero attached hydrogens (tertiary/aromatic N) is 4. The van der Waals surface area contributed by atoms with E-state index in [1.807, 2.05) is 33.2 Å². The van der Waals surface area contributed by atoms with E-state index < -0.39 is 24.3 Å². The maximum Gasteiger partial charge on any atom is 0.407 e. The van der Waals surface area contributed by atoms with Crippen molar-refractivity contribution in [2.75, 3.05) is 20.8 Å². The summed E-state index contributed by atoms with van der Waals surface area (Å²) in [5.74, 6) is 1.05. The lowest BCUT2D eigenvalue weighted by Gasteiger charge is -2.35. The van der Waals surface area contributed by atoms with Crippen LogP contribution in [0.3, 0.4) is 0 Å². The first kappa shape index (κ1) is 38.1. The number of carbonyl (C=O) groups is 4. The highest BCUT2D eigenvalue weighted by Gasteiger charge is 2.35. The van der Waals surface area contributed by atoms with Gasteiger partial charge in [-0.15, -0.1) is 0 Å². The molecule has 14 nitrogen and oxygen atoms in total. The Kier molecular flexibility index (Phi) is 11.4. The summed E-state index contributed by atoms with van der Waals surface area (Å²) in [6, 6.07) is 10.9. The lowest BCUT2D eigenvalue weighted by Crippen LogP contribution is -2.50. The Balaban J connectivity index is 1.18. The zero-order valence-corrected chi connectivity index (χ0v) is 32.0. The fraction of sp³-hybridized carbons (Fsp3) is 0.450. The number of fused-ring (bicyclic) bond motifs is 3. The van der Waals surface area contributed by atoms with Crippen LogP contribution in [0, 0.1) is 0 Å². The molecule has 1 saturated heterocycles. The van der Waals surface area contributed by atoms with Crippen molar-refractivity contribution >= 4 is 24.0 Å². The van der Waals surface area contributed by atoms with Crippen molar-refractivity contribution in [2.45, 2.75) is 96.9 Å². The van der Waals surface area contributed by atoms with Crippen molar-refractivity contribution < 1.29 is 28.7 Å². The van der Waals surface area contributed by atoms with E-state index in [9.17, 15) is 19.2 Å². The number of benzene rings is 2. The normalized spacial score (nSPS) is 16.5. The van der Waals surface area contributed by atoms with Crippen LogP contribution < -0.4 is 10.6 Å². The molecule has 0 bridgehead atoms. The molecule has 0 saturated carbocycles. The Hall–Kier alpha value is -5.66. The summed E-state index contributed by atoms with van der Waals surface area (Å²) in [5.41, 5.74) is 8.72. The number of aryl methyl sites for hydroxylation is 2. The third kappa shape index (κ3) is 7.68. The molecule has 2 aromatic heterocycles. The van der Waals surface area contributed by atoms with E-state index in [-0.39, 0.29) is 29.9 Å². The number of rotatable bonds is 11. The fourth-order valence-corrected chi connectivity index (χ4v) is 7.71. The number of hydrogen-bond acceptors (Lipinski definition) is 8. The van der Waals surface area contributed by atoms with E-state index in [0.717, 1.165) is 54.0 Å². The van der Waals surface area contributed by atoms with Crippen LogP contribution in [0.5, 0.6) is 0 Å². The highest BCUT2D eigenvalue weighted by Crippen LogP contribution is 2.39. The van der Waals surface area contributed by atoms with E-state index in [0.29, 0.717) is 18.8 Å². The van der Waals surface area contributed by atoms with Gasteiger partial charge in [0.15, 0.2) is 0 Å². The fourth-order valence-electron chi connectivity index (χ4n) is 7.71. The van der Waals surface area contributed by atoms with Crippen LogP contribution in [0.2, 0.25) is 0 Å². The van der Waals surface area contributed by atoms with Gasteiger partial charge in [-0.2, -0.15) is 0 Å². The molecular formula is C40H50N8O6. The number of likely N-dealkylation sites (tertiary alicyclic amines) is 1. The minimum Gasteiger partial charge on any atom is -0.453 e. The topological polar surface area (TPSA) is 175 Å². The molecule has 4 N–H and O–H groups in total. The third-order valence-corrected chi connectivity index (χ3v) is 10.5. The SMILES string of the molecule is CC[C@@H](c1ncc(-c2ccc3c(c2)CCc2cc(-c4cnc([C@@H]5CCCN5C(=O)[C@H](C)NC(=O)OC)[nH]4)ccc2-3)[nH]1)N(C(=O)[C@H](C)NC(=O)OC)C(C)C. The Labute approximate surface area is 315 Å². The van der Waals surface area contributed by atoms with Gasteiger partial charge < -0.3 is 39.9 Å². The predicted octanol–water partition coefficient (Wildman–Crippen LogP) is 6.07. The van der Waals surface area contributed by atoms with E-state index in [1.165, 1.54) is 36.5 Å². The first-order valence-corrected chi connectivity index (χ1v) is 18.6. The second-order valence-electron chi connectivity index (χ2n) is 14.3. The van der Waals surface area contributed by atoms with Crippen LogP contribution in [0.1, 0.15) is 88.7 Å². The smallest absolute Gasteiger partial charge is 0.407 e. The molecule has 2 aliphatic rings. The summed E-state index contributed by atoms with van der Waals surface area (Å²) in [6.07, 6.45) is 6.40. The number of ether oxygens (including phenoxy) is 2. The average molecular weight is 739 g/mol. The molecule has 1 fully saturated rings. The maximum atomic E-state index is 13.5. The van der Waals surface area contributed by atoms with Crippen LogP contribution in [0.25, 0.3) is 33.6 Å². The van der Waals surface area contributed by atoms with Gasteiger partial charge in [0.2, 0.25) is 11.8 Å². The molecule has 4 amide bonds. The summed E-state index contributed by atoms with van der Waals surface area (Å²) < 4.78 is 9.36. The van der Waals surface area contributed by atoms with Crippen molar-refractivity contribution in [2.24, 2.45) is 0 Å². The molecule has 4 atom stereocenters. The number of aromatic amines is 2. The predicted molar refractivity (Wildman–Crippen MR) is 203 cm³/mol. The van der Waals surface area contributed by atoms with Gasteiger partial charge in [0.1, 0.15) is 23.7 Å². The van der Waals surface area contributed by atoms with Gasteiger partial charge in [0.25, 0.3) is 0 Å². The number of aromatic nitrogens is 4. The first-order valence-electron chi connectivity index (χ1n) is 18.6. The van der Waals surface area contributed by atoms with Crippen molar-refractivity contribution in [3.05, 3.63) is 71.6 Å². The Morgan fingerprint density at radius 2 is 1.43 bits per heavy atom. The molecule has 0 unspecified atom stereocenters. The van der Waals surface area contributed by atoms with Crippen LogP contribution in [0.4, 0.5) is 9.59 Å². The highest BCUT2D eigenvalue weighted by atomic mass is 16.5. The van der Waals surface area contributed by atoms with Gasteiger partial charge in [0.05, 0.1) is 50.1 Å². The minimum atomic E-state index is -0.756. The third-order valence-electron chi connectivity index (χ3n) is 10.5. The zero-order chi connectivity index (χ0) is 38.7. The number of imidazole rings is 2. The monoisotopic (exact) mass is 738 g/mol. The summed E-state index contributed by atoms with van der Waals surface area (Å²) in [7, 11) is 2.55. The number of alkyl carbamates (subject to hydrolysis) is 2. The summed E-state index contributed by atoms with van der Waals surface area (Å²) >= 11 is 0.